The average Bonchev–Trinajstić information content (AvgIpc) is 3.83. The van der Waals surface area contributed by atoms with Gasteiger partial charge >= 0.3 is 0 Å². The van der Waals surface area contributed by atoms with Crippen molar-refractivity contribution in [2.45, 2.75) is 6.17 Å². The minimum Gasteiger partial charge on any atom is -0.456 e. The van der Waals surface area contributed by atoms with Crippen LogP contribution in [0.2, 0.25) is 0 Å². The molecular formula is C53H34N4O. The predicted molar refractivity (Wildman–Crippen MR) is 240 cm³/mol. The number of hydrogen-bond donors (Lipinski definition) is 1. The quantitative estimate of drug-likeness (QED) is 0.191. The van der Waals surface area contributed by atoms with Crippen LogP contribution in [-0.2, 0) is 0 Å². The number of para-hydroxylation sites is 1. The number of aromatic nitrogens is 1. The molecule has 2 aromatic heterocycles. The van der Waals surface area contributed by atoms with Crippen molar-refractivity contribution in [2.24, 2.45) is 9.98 Å². The SMILES string of the molecule is c1ccc(C2=NC(c3ccc4c(c3)oc3ccc5ccc(-n6c7ccccc7c7cc8ccccc8cc76)cc5c34)N=C(c3cccc(-c4ccccc4)c3)N2)cc1. The molecule has 3 heterocycles. The third-order valence-electron chi connectivity index (χ3n) is 11.6. The molecule has 0 fully saturated rings. The Kier molecular flexibility index (Phi) is 7.23. The fourth-order valence-corrected chi connectivity index (χ4v) is 8.80. The van der Waals surface area contributed by atoms with E-state index in [1.165, 1.54) is 32.6 Å². The van der Waals surface area contributed by atoms with Gasteiger partial charge in [-0.05, 0) is 81.2 Å². The second-order valence-electron chi connectivity index (χ2n) is 15.0. The Morgan fingerprint density at radius 2 is 1.10 bits per heavy atom. The third-order valence-corrected chi connectivity index (χ3v) is 11.6. The molecule has 1 unspecified atom stereocenters. The van der Waals surface area contributed by atoms with Crippen LogP contribution in [0.5, 0.6) is 0 Å². The summed E-state index contributed by atoms with van der Waals surface area (Å²) in [5.41, 5.74) is 10.4. The highest BCUT2D eigenvalue weighted by atomic mass is 16.3. The number of aliphatic imine (C=N–C) groups is 2. The first kappa shape index (κ1) is 32.5. The largest absolute Gasteiger partial charge is 0.456 e. The molecule has 0 saturated carbocycles. The van der Waals surface area contributed by atoms with Gasteiger partial charge in [0.1, 0.15) is 22.8 Å². The van der Waals surface area contributed by atoms with Gasteiger partial charge in [0.25, 0.3) is 0 Å². The highest BCUT2D eigenvalue weighted by molar-refractivity contribution is 6.20. The van der Waals surface area contributed by atoms with Crippen molar-refractivity contribution in [1.82, 2.24) is 9.88 Å². The summed E-state index contributed by atoms with van der Waals surface area (Å²) in [4.78, 5) is 10.4. The number of fused-ring (bicyclic) bond motifs is 9. The molecule has 0 amide bonds. The summed E-state index contributed by atoms with van der Waals surface area (Å²) in [5.74, 6) is 1.56. The van der Waals surface area contributed by atoms with Crippen LogP contribution in [0.25, 0.3) is 82.1 Å². The summed E-state index contributed by atoms with van der Waals surface area (Å²) >= 11 is 0. The van der Waals surface area contributed by atoms with E-state index in [9.17, 15) is 0 Å². The van der Waals surface area contributed by atoms with E-state index in [4.69, 9.17) is 14.4 Å². The second-order valence-corrected chi connectivity index (χ2v) is 15.0. The van der Waals surface area contributed by atoms with E-state index in [1.807, 2.05) is 24.3 Å². The lowest BCUT2D eigenvalue weighted by Crippen LogP contribution is -2.36. The fraction of sp³-hybridized carbons (Fsp3) is 0.0189. The molecule has 1 N–H and O–H groups in total. The summed E-state index contributed by atoms with van der Waals surface area (Å²) in [5, 5.41) is 13.0. The number of furan rings is 1. The van der Waals surface area contributed by atoms with Gasteiger partial charge in [-0.15, -0.1) is 0 Å². The molecule has 58 heavy (non-hydrogen) atoms. The summed E-state index contributed by atoms with van der Waals surface area (Å²) in [6.45, 7) is 0. The number of amidine groups is 2. The second kappa shape index (κ2) is 12.9. The van der Waals surface area contributed by atoms with Crippen molar-refractivity contribution in [3.05, 3.63) is 211 Å². The molecule has 0 saturated heterocycles. The van der Waals surface area contributed by atoms with Gasteiger partial charge in [0.2, 0.25) is 0 Å². The van der Waals surface area contributed by atoms with Crippen molar-refractivity contribution < 1.29 is 4.42 Å². The van der Waals surface area contributed by atoms with E-state index in [2.05, 4.69) is 180 Å². The van der Waals surface area contributed by atoms with Crippen molar-refractivity contribution >= 4 is 77.0 Å². The minimum atomic E-state index is -0.473. The van der Waals surface area contributed by atoms with Crippen LogP contribution in [0.4, 0.5) is 0 Å². The standard InChI is InChI=1S/C53H34N4O/c1-3-12-33(13-4-1)36-18-11-19-39(28-36)52-54-51(35-14-5-2-6-15-35)55-53(56-52)40-23-26-43-49(31-40)58-48-27-24-34-22-25-41(32-44(34)50(43)48)57-46-21-10-9-20-42(46)45-29-37-16-7-8-17-38(37)30-47(45)57/h1-32,53H,(H,54,55,56). The summed E-state index contributed by atoms with van der Waals surface area (Å²) < 4.78 is 9.08. The maximum absolute atomic E-state index is 6.68. The zero-order valence-electron chi connectivity index (χ0n) is 31.3. The minimum absolute atomic E-state index is 0.473. The first-order valence-corrected chi connectivity index (χ1v) is 19.7. The molecule has 0 bridgehead atoms. The lowest BCUT2D eigenvalue weighted by atomic mass is 10.0. The Morgan fingerprint density at radius 1 is 0.414 bits per heavy atom. The van der Waals surface area contributed by atoms with E-state index < -0.39 is 6.17 Å². The molecule has 1 aliphatic rings. The van der Waals surface area contributed by atoms with E-state index in [1.54, 1.807) is 0 Å². The highest BCUT2D eigenvalue weighted by Gasteiger charge is 2.23. The van der Waals surface area contributed by atoms with Gasteiger partial charge in [0, 0.05) is 43.9 Å². The molecule has 1 aliphatic heterocycles. The maximum Gasteiger partial charge on any atom is 0.169 e. The molecule has 0 spiro atoms. The Labute approximate surface area is 333 Å². The number of nitrogens with zero attached hydrogens (tertiary/aromatic N) is 3. The number of hydrogen-bond acceptors (Lipinski definition) is 4. The Bertz CT molecular complexity index is 3480. The summed E-state index contributed by atoms with van der Waals surface area (Å²) in [6.07, 6.45) is -0.473. The topological polar surface area (TPSA) is 54.8 Å². The van der Waals surface area contributed by atoms with Gasteiger partial charge in [-0.1, -0.05) is 146 Å². The lowest BCUT2D eigenvalue weighted by molar-refractivity contribution is 0.666. The molecule has 5 heteroatoms. The monoisotopic (exact) mass is 742 g/mol. The summed E-state index contributed by atoms with van der Waals surface area (Å²) in [6, 6.07) is 68.7. The number of benzene rings is 9. The van der Waals surface area contributed by atoms with Gasteiger partial charge in [-0.2, -0.15) is 0 Å². The van der Waals surface area contributed by atoms with Crippen LogP contribution in [0.3, 0.4) is 0 Å². The zero-order chi connectivity index (χ0) is 38.2. The molecule has 11 aromatic rings. The lowest BCUT2D eigenvalue weighted by Gasteiger charge is -2.22. The zero-order valence-corrected chi connectivity index (χ0v) is 31.3. The van der Waals surface area contributed by atoms with E-state index in [-0.39, 0.29) is 0 Å². The van der Waals surface area contributed by atoms with Crippen LogP contribution < -0.4 is 5.32 Å². The van der Waals surface area contributed by atoms with Crippen molar-refractivity contribution in [3.8, 4) is 16.8 Å². The molecule has 5 nitrogen and oxygen atoms in total. The fourth-order valence-electron chi connectivity index (χ4n) is 8.80. The molecule has 1 atom stereocenters. The van der Waals surface area contributed by atoms with E-state index in [0.717, 1.165) is 77.9 Å². The van der Waals surface area contributed by atoms with Crippen LogP contribution in [0.1, 0.15) is 22.9 Å². The average molecular weight is 743 g/mol. The molecule has 0 radical (unpaired) electrons. The van der Waals surface area contributed by atoms with Gasteiger partial charge in [-0.3, -0.25) is 0 Å². The van der Waals surface area contributed by atoms with Crippen molar-refractivity contribution in [1.29, 1.82) is 0 Å². The molecular weight excluding hydrogens is 709 g/mol. The van der Waals surface area contributed by atoms with Crippen molar-refractivity contribution in [2.75, 3.05) is 0 Å². The summed E-state index contributed by atoms with van der Waals surface area (Å²) in [7, 11) is 0. The first-order chi connectivity index (χ1) is 28.7. The Hall–Kier alpha value is -7.76. The van der Waals surface area contributed by atoms with E-state index in [0.29, 0.717) is 0 Å². The predicted octanol–water partition coefficient (Wildman–Crippen LogP) is 13.2. The Balaban J connectivity index is 0.998. The Morgan fingerprint density at radius 3 is 1.95 bits per heavy atom. The van der Waals surface area contributed by atoms with Gasteiger partial charge in [-0.25, -0.2) is 9.98 Å². The van der Waals surface area contributed by atoms with Crippen LogP contribution in [-0.4, -0.2) is 16.2 Å². The van der Waals surface area contributed by atoms with Crippen LogP contribution in [0.15, 0.2) is 209 Å². The first-order valence-electron chi connectivity index (χ1n) is 19.7. The van der Waals surface area contributed by atoms with Gasteiger partial charge in [0.15, 0.2) is 6.17 Å². The van der Waals surface area contributed by atoms with Crippen LogP contribution >= 0.6 is 0 Å². The molecule has 9 aromatic carbocycles. The number of nitrogens with one attached hydrogen (secondary N) is 1. The third kappa shape index (κ3) is 5.25. The molecule has 12 rings (SSSR count). The van der Waals surface area contributed by atoms with E-state index >= 15 is 0 Å². The maximum atomic E-state index is 6.68. The smallest absolute Gasteiger partial charge is 0.169 e. The normalized spacial score (nSPS) is 14.4. The number of rotatable bonds is 5. The van der Waals surface area contributed by atoms with Gasteiger partial charge < -0.3 is 14.3 Å². The highest BCUT2D eigenvalue weighted by Crippen LogP contribution is 2.40. The molecule has 272 valence electrons. The molecule has 0 aliphatic carbocycles. The van der Waals surface area contributed by atoms with Crippen molar-refractivity contribution in [3.63, 3.8) is 0 Å². The van der Waals surface area contributed by atoms with Crippen LogP contribution in [0, 0.1) is 0 Å². The van der Waals surface area contributed by atoms with Gasteiger partial charge in [0.05, 0.1) is 11.0 Å².